The van der Waals surface area contributed by atoms with E-state index in [9.17, 15) is 5.11 Å². The SMILES string of the molecule is OCc1c(Cl)cccc1N1CCOc2ccccc2C1. The molecule has 0 aromatic heterocycles. The van der Waals surface area contributed by atoms with Gasteiger partial charge in [0.05, 0.1) is 13.2 Å². The molecular formula is C16H16ClNO2. The summed E-state index contributed by atoms with van der Waals surface area (Å²) in [4.78, 5) is 2.20. The minimum Gasteiger partial charge on any atom is -0.491 e. The van der Waals surface area contributed by atoms with E-state index < -0.39 is 0 Å². The first-order valence-corrected chi connectivity index (χ1v) is 7.01. The van der Waals surface area contributed by atoms with Crippen LogP contribution < -0.4 is 9.64 Å². The predicted molar refractivity (Wildman–Crippen MR) is 80.4 cm³/mol. The van der Waals surface area contributed by atoms with E-state index in [0.717, 1.165) is 35.7 Å². The van der Waals surface area contributed by atoms with Crippen molar-refractivity contribution in [3.63, 3.8) is 0 Å². The molecule has 0 spiro atoms. The monoisotopic (exact) mass is 289 g/mol. The fraction of sp³-hybridized carbons (Fsp3) is 0.250. The zero-order valence-corrected chi connectivity index (χ0v) is 11.8. The van der Waals surface area contributed by atoms with Gasteiger partial charge in [0.15, 0.2) is 0 Å². The van der Waals surface area contributed by atoms with Crippen LogP contribution >= 0.6 is 11.6 Å². The van der Waals surface area contributed by atoms with E-state index in [1.807, 2.05) is 30.3 Å². The average Bonchev–Trinajstić information content (AvgIpc) is 2.69. The van der Waals surface area contributed by atoms with Crippen LogP contribution in [0.5, 0.6) is 5.75 Å². The summed E-state index contributed by atoms with van der Waals surface area (Å²) in [6, 6.07) is 13.8. The van der Waals surface area contributed by atoms with Gasteiger partial charge in [-0.15, -0.1) is 0 Å². The highest BCUT2D eigenvalue weighted by Gasteiger charge is 2.18. The van der Waals surface area contributed by atoms with Crippen molar-refractivity contribution >= 4 is 17.3 Å². The number of aliphatic hydroxyl groups is 1. The smallest absolute Gasteiger partial charge is 0.124 e. The maximum absolute atomic E-state index is 9.55. The largest absolute Gasteiger partial charge is 0.491 e. The Balaban J connectivity index is 1.98. The Hall–Kier alpha value is -1.71. The fourth-order valence-electron chi connectivity index (χ4n) is 2.53. The molecule has 1 N–H and O–H groups in total. The number of anilines is 1. The summed E-state index contributed by atoms with van der Waals surface area (Å²) in [6.45, 7) is 2.08. The number of ether oxygens (including phenoxy) is 1. The molecule has 3 nitrogen and oxygen atoms in total. The summed E-state index contributed by atoms with van der Waals surface area (Å²) in [6.07, 6.45) is 0. The van der Waals surface area contributed by atoms with Crippen LogP contribution in [-0.2, 0) is 13.2 Å². The quantitative estimate of drug-likeness (QED) is 0.921. The molecule has 0 aliphatic carbocycles. The van der Waals surface area contributed by atoms with Gasteiger partial charge in [-0.2, -0.15) is 0 Å². The van der Waals surface area contributed by atoms with Crippen molar-refractivity contribution in [1.82, 2.24) is 0 Å². The van der Waals surface area contributed by atoms with Crippen LogP contribution in [0.15, 0.2) is 42.5 Å². The molecule has 1 aliphatic heterocycles. The Labute approximate surface area is 123 Å². The van der Waals surface area contributed by atoms with Crippen LogP contribution in [0.25, 0.3) is 0 Å². The van der Waals surface area contributed by atoms with Gasteiger partial charge in [-0.05, 0) is 18.2 Å². The molecule has 1 heterocycles. The highest BCUT2D eigenvalue weighted by atomic mass is 35.5. The van der Waals surface area contributed by atoms with E-state index in [2.05, 4.69) is 11.0 Å². The highest BCUT2D eigenvalue weighted by molar-refractivity contribution is 6.31. The second-order valence-corrected chi connectivity index (χ2v) is 5.18. The van der Waals surface area contributed by atoms with Crippen LogP contribution in [0.1, 0.15) is 11.1 Å². The molecule has 0 unspecified atom stereocenters. The Morgan fingerprint density at radius 3 is 2.85 bits per heavy atom. The van der Waals surface area contributed by atoms with E-state index in [-0.39, 0.29) is 6.61 Å². The van der Waals surface area contributed by atoms with Gasteiger partial charge in [-0.25, -0.2) is 0 Å². The van der Waals surface area contributed by atoms with Crippen molar-refractivity contribution in [1.29, 1.82) is 0 Å². The molecule has 0 fully saturated rings. The average molecular weight is 290 g/mol. The molecule has 2 aromatic rings. The molecular weight excluding hydrogens is 274 g/mol. The molecule has 3 rings (SSSR count). The van der Waals surface area contributed by atoms with Gasteiger partial charge in [0.25, 0.3) is 0 Å². The third kappa shape index (κ3) is 2.47. The maximum atomic E-state index is 9.55. The van der Waals surface area contributed by atoms with Gasteiger partial charge >= 0.3 is 0 Å². The Kier molecular flexibility index (Phi) is 3.81. The molecule has 104 valence electrons. The molecule has 0 atom stereocenters. The lowest BCUT2D eigenvalue weighted by molar-refractivity contribution is 0.282. The Bertz CT molecular complexity index is 615. The summed E-state index contributed by atoms with van der Waals surface area (Å²) < 4.78 is 5.77. The lowest BCUT2D eigenvalue weighted by Crippen LogP contribution is -2.26. The van der Waals surface area contributed by atoms with Crippen molar-refractivity contribution in [3.8, 4) is 5.75 Å². The minimum absolute atomic E-state index is 0.0615. The molecule has 2 aromatic carbocycles. The van der Waals surface area contributed by atoms with Crippen molar-refractivity contribution in [2.24, 2.45) is 0 Å². The lowest BCUT2D eigenvalue weighted by Gasteiger charge is -2.25. The number of hydrogen-bond donors (Lipinski definition) is 1. The fourth-order valence-corrected chi connectivity index (χ4v) is 2.76. The summed E-state index contributed by atoms with van der Waals surface area (Å²) in [5.41, 5.74) is 2.89. The van der Waals surface area contributed by atoms with Crippen LogP contribution in [0, 0.1) is 0 Å². The first-order valence-electron chi connectivity index (χ1n) is 6.63. The van der Waals surface area contributed by atoms with E-state index in [0.29, 0.717) is 11.6 Å². The minimum atomic E-state index is -0.0615. The number of nitrogens with zero attached hydrogens (tertiary/aromatic N) is 1. The third-order valence-corrected chi connectivity index (χ3v) is 3.90. The maximum Gasteiger partial charge on any atom is 0.124 e. The molecule has 0 amide bonds. The first kappa shape index (κ1) is 13.3. The zero-order chi connectivity index (χ0) is 13.9. The van der Waals surface area contributed by atoms with Crippen LogP contribution in [0.2, 0.25) is 5.02 Å². The summed E-state index contributed by atoms with van der Waals surface area (Å²) >= 11 is 6.17. The standard InChI is InChI=1S/C16H16ClNO2/c17-14-5-3-6-15(13(14)11-19)18-8-9-20-16-7-2-1-4-12(16)10-18/h1-7,19H,8-11H2. The second-order valence-electron chi connectivity index (χ2n) is 4.77. The number of aliphatic hydroxyl groups excluding tert-OH is 1. The third-order valence-electron chi connectivity index (χ3n) is 3.55. The van der Waals surface area contributed by atoms with Gasteiger partial charge in [0, 0.05) is 28.4 Å². The van der Waals surface area contributed by atoms with Crippen molar-refractivity contribution in [2.75, 3.05) is 18.1 Å². The number of hydrogen-bond acceptors (Lipinski definition) is 3. The molecule has 0 saturated heterocycles. The van der Waals surface area contributed by atoms with E-state index in [1.54, 1.807) is 6.07 Å². The van der Waals surface area contributed by atoms with Crippen LogP contribution in [-0.4, -0.2) is 18.3 Å². The molecule has 4 heteroatoms. The number of benzene rings is 2. The Morgan fingerprint density at radius 2 is 2.00 bits per heavy atom. The number of halogens is 1. The lowest BCUT2D eigenvalue weighted by atomic mass is 10.1. The van der Waals surface area contributed by atoms with E-state index in [4.69, 9.17) is 16.3 Å². The summed E-state index contributed by atoms with van der Waals surface area (Å²) in [5.74, 6) is 0.933. The number of rotatable bonds is 2. The van der Waals surface area contributed by atoms with E-state index >= 15 is 0 Å². The van der Waals surface area contributed by atoms with Gasteiger partial charge in [-0.3, -0.25) is 0 Å². The van der Waals surface area contributed by atoms with E-state index in [1.165, 1.54) is 0 Å². The molecule has 1 aliphatic rings. The van der Waals surface area contributed by atoms with Crippen LogP contribution in [0.3, 0.4) is 0 Å². The second kappa shape index (κ2) is 5.73. The number of para-hydroxylation sites is 1. The normalized spacial score (nSPS) is 14.4. The van der Waals surface area contributed by atoms with Crippen LogP contribution in [0.4, 0.5) is 5.69 Å². The molecule has 0 saturated carbocycles. The predicted octanol–water partition coefficient (Wildman–Crippen LogP) is 3.23. The van der Waals surface area contributed by atoms with Crippen molar-refractivity contribution < 1.29 is 9.84 Å². The van der Waals surface area contributed by atoms with Crippen molar-refractivity contribution in [2.45, 2.75) is 13.2 Å². The van der Waals surface area contributed by atoms with Gasteiger partial charge in [0.1, 0.15) is 12.4 Å². The van der Waals surface area contributed by atoms with Gasteiger partial charge in [0.2, 0.25) is 0 Å². The molecule has 0 bridgehead atoms. The van der Waals surface area contributed by atoms with Gasteiger partial charge < -0.3 is 14.7 Å². The Morgan fingerprint density at radius 1 is 1.15 bits per heavy atom. The van der Waals surface area contributed by atoms with Crippen molar-refractivity contribution in [3.05, 3.63) is 58.6 Å². The first-order chi connectivity index (χ1) is 9.79. The molecule has 0 radical (unpaired) electrons. The topological polar surface area (TPSA) is 32.7 Å². The zero-order valence-electron chi connectivity index (χ0n) is 11.1. The molecule has 20 heavy (non-hydrogen) atoms. The van der Waals surface area contributed by atoms with Gasteiger partial charge in [-0.1, -0.05) is 35.9 Å². The summed E-state index contributed by atoms with van der Waals surface area (Å²) in [5, 5.41) is 10.2. The summed E-state index contributed by atoms with van der Waals surface area (Å²) in [7, 11) is 0. The highest BCUT2D eigenvalue weighted by Crippen LogP contribution is 2.31. The number of fused-ring (bicyclic) bond motifs is 1.